The molecule has 13 heteroatoms. The maximum atomic E-state index is 13.2. The van der Waals surface area contributed by atoms with Gasteiger partial charge in [0.2, 0.25) is 17.7 Å². The van der Waals surface area contributed by atoms with E-state index in [9.17, 15) is 34.2 Å². The van der Waals surface area contributed by atoms with Crippen molar-refractivity contribution < 1.29 is 34.2 Å². The molecule has 0 radical (unpaired) electrons. The standard InChI is InChI=1S/C26H37N5O7S/c1-14(2)10-19(30-25(36)20(12-22(32)33)29-23(34)17(27)8-9-39-3)24(35)31-21(26(37)38)11-15-13-28-18-7-5-4-6-16(15)18/h4-7,13-14,17,19-21,28H,8-12,27H2,1-3H3,(H,29,34)(H,30,36)(H,31,35)(H,32,33)(H,37,38). The van der Waals surface area contributed by atoms with Crippen LogP contribution in [0.25, 0.3) is 10.9 Å². The first-order valence-electron chi connectivity index (χ1n) is 12.6. The summed E-state index contributed by atoms with van der Waals surface area (Å²) in [6, 6.07) is 2.50. The molecule has 2 rings (SSSR count). The molecule has 1 aromatic carbocycles. The second-order valence-corrected chi connectivity index (χ2v) is 10.7. The third kappa shape index (κ3) is 9.91. The van der Waals surface area contributed by atoms with E-state index in [-0.39, 0.29) is 18.8 Å². The second kappa shape index (κ2) is 15.1. The molecular formula is C26H37N5O7S. The van der Waals surface area contributed by atoms with Crippen molar-refractivity contribution in [1.29, 1.82) is 0 Å². The number of aromatic nitrogens is 1. The number of carboxylic acids is 2. The Morgan fingerprint density at radius 2 is 1.56 bits per heavy atom. The zero-order valence-corrected chi connectivity index (χ0v) is 23.0. The summed E-state index contributed by atoms with van der Waals surface area (Å²) < 4.78 is 0. The first-order valence-corrected chi connectivity index (χ1v) is 14.0. The Hall–Kier alpha value is -3.58. The molecular weight excluding hydrogens is 526 g/mol. The van der Waals surface area contributed by atoms with Gasteiger partial charge in [-0.3, -0.25) is 19.2 Å². The van der Waals surface area contributed by atoms with E-state index in [4.69, 9.17) is 5.73 Å². The number of aliphatic carboxylic acids is 2. The van der Waals surface area contributed by atoms with Crippen LogP contribution in [0.3, 0.4) is 0 Å². The highest BCUT2D eigenvalue weighted by Crippen LogP contribution is 2.19. The molecule has 4 unspecified atom stereocenters. The first kappa shape index (κ1) is 31.6. The van der Waals surface area contributed by atoms with Crippen LogP contribution in [0.1, 0.15) is 38.7 Å². The highest BCUT2D eigenvalue weighted by Gasteiger charge is 2.32. The maximum absolute atomic E-state index is 13.2. The molecule has 0 fully saturated rings. The molecule has 0 bridgehead atoms. The molecule has 0 aliphatic carbocycles. The van der Waals surface area contributed by atoms with Crippen molar-refractivity contribution in [1.82, 2.24) is 20.9 Å². The Morgan fingerprint density at radius 3 is 2.18 bits per heavy atom. The van der Waals surface area contributed by atoms with Crippen LogP contribution in [0, 0.1) is 5.92 Å². The number of carbonyl (C=O) groups excluding carboxylic acids is 3. The summed E-state index contributed by atoms with van der Waals surface area (Å²) in [5.41, 5.74) is 7.37. The lowest BCUT2D eigenvalue weighted by atomic mass is 10.0. The number of aromatic amines is 1. The molecule has 12 nitrogen and oxygen atoms in total. The van der Waals surface area contributed by atoms with E-state index in [0.29, 0.717) is 17.7 Å². The topological polar surface area (TPSA) is 204 Å². The molecule has 4 atom stereocenters. The van der Waals surface area contributed by atoms with Gasteiger partial charge in [-0.05, 0) is 42.4 Å². The van der Waals surface area contributed by atoms with Crippen molar-refractivity contribution in [3.05, 3.63) is 36.0 Å². The molecule has 0 aliphatic rings. The van der Waals surface area contributed by atoms with Gasteiger partial charge < -0.3 is 36.9 Å². The number of para-hydroxylation sites is 1. The number of benzene rings is 1. The number of nitrogens with two attached hydrogens (primary N) is 1. The van der Waals surface area contributed by atoms with Crippen molar-refractivity contribution in [3.8, 4) is 0 Å². The maximum Gasteiger partial charge on any atom is 0.326 e. The Balaban J connectivity index is 2.17. The van der Waals surface area contributed by atoms with Crippen molar-refractivity contribution in [2.45, 2.75) is 63.7 Å². The third-order valence-corrected chi connectivity index (χ3v) is 6.68. The van der Waals surface area contributed by atoms with E-state index in [1.165, 1.54) is 11.8 Å². The normalized spacial score (nSPS) is 14.3. The minimum absolute atomic E-state index is 0.000930. The molecule has 0 saturated heterocycles. The van der Waals surface area contributed by atoms with Gasteiger partial charge in [-0.2, -0.15) is 11.8 Å². The van der Waals surface area contributed by atoms with Crippen LogP contribution in [0.15, 0.2) is 30.5 Å². The van der Waals surface area contributed by atoms with Gasteiger partial charge in [0, 0.05) is 23.5 Å². The molecule has 3 amide bonds. The summed E-state index contributed by atoms with van der Waals surface area (Å²) in [7, 11) is 0. The zero-order valence-electron chi connectivity index (χ0n) is 22.2. The average Bonchev–Trinajstić information content (AvgIpc) is 3.28. The van der Waals surface area contributed by atoms with Crippen molar-refractivity contribution in [3.63, 3.8) is 0 Å². The molecule has 214 valence electrons. The minimum Gasteiger partial charge on any atom is -0.481 e. The van der Waals surface area contributed by atoms with Crippen LogP contribution in [0.4, 0.5) is 0 Å². The zero-order chi connectivity index (χ0) is 29.1. The fourth-order valence-corrected chi connectivity index (χ4v) is 4.50. The van der Waals surface area contributed by atoms with Crippen LogP contribution in [0.5, 0.6) is 0 Å². The van der Waals surface area contributed by atoms with E-state index in [1.807, 2.05) is 44.4 Å². The summed E-state index contributed by atoms with van der Waals surface area (Å²) in [5.74, 6) is -4.36. The SMILES string of the molecule is CSCCC(N)C(=O)NC(CC(=O)O)C(=O)NC(CC(C)C)C(=O)NC(Cc1c[nH]c2ccccc12)C(=O)O. The van der Waals surface area contributed by atoms with Crippen LogP contribution in [-0.4, -0.2) is 81.0 Å². The molecule has 0 saturated carbocycles. The lowest BCUT2D eigenvalue weighted by Crippen LogP contribution is -2.58. The smallest absolute Gasteiger partial charge is 0.326 e. The van der Waals surface area contributed by atoms with Gasteiger partial charge in [-0.15, -0.1) is 0 Å². The number of H-pyrrole nitrogens is 1. The fourth-order valence-electron chi connectivity index (χ4n) is 4.01. The van der Waals surface area contributed by atoms with Crippen molar-refractivity contribution >= 4 is 52.3 Å². The van der Waals surface area contributed by atoms with E-state index in [1.54, 1.807) is 6.20 Å². The number of rotatable bonds is 16. The Bertz CT molecular complexity index is 1170. The van der Waals surface area contributed by atoms with E-state index in [0.717, 1.165) is 10.9 Å². The Morgan fingerprint density at radius 1 is 0.949 bits per heavy atom. The minimum atomic E-state index is -1.47. The van der Waals surface area contributed by atoms with Gasteiger partial charge in [-0.1, -0.05) is 32.0 Å². The molecule has 1 aromatic heterocycles. The van der Waals surface area contributed by atoms with Gasteiger partial charge in [-0.25, -0.2) is 4.79 Å². The largest absolute Gasteiger partial charge is 0.481 e. The van der Waals surface area contributed by atoms with Crippen LogP contribution < -0.4 is 21.7 Å². The Kier molecular flexibility index (Phi) is 12.3. The predicted molar refractivity (Wildman–Crippen MR) is 148 cm³/mol. The first-order chi connectivity index (χ1) is 18.4. The van der Waals surface area contributed by atoms with Gasteiger partial charge >= 0.3 is 11.9 Å². The molecule has 2 aromatic rings. The van der Waals surface area contributed by atoms with E-state index in [2.05, 4.69) is 20.9 Å². The average molecular weight is 564 g/mol. The van der Waals surface area contributed by atoms with E-state index < -0.39 is 60.2 Å². The summed E-state index contributed by atoms with van der Waals surface area (Å²) in [5, 5.41) is 27.3. The summed E-state index contributed by atoms with van der Waals surface area (Å²) in [6.45, 7) is 3.63. The van der Waals surface area contributed by atoms with Crippen LogP contribution >= 0.6 is 11.8 Å². The summed E-state index contributed by atoms with van der Waals surface area (Å²) in [4.78, 5) is 65.1. The van der Waals surface area contributed by atoms with Crippen LogP contribution in [-0.2, 0) is 30.4 Å². The Labute approximate surface area is 230 Å². The lowest BCUT2D eigenvalue weighted by Gasteiger charge is -2.25. The monoisotopic (exact) mass is 563 g/mol. The van der Waals surface area contributed by atoms with Gasteiger partial charge in [0.25, 0.3) is 0 Å². The van der Waals surface area contributed by atoms with E-state index >= 15 is 0 Å². The number of thioether (sulfide) groups is 1. The van der Waals surface area contributed by atoms with Gasteiger partial charge in [0.05, 0.1) is 12.5 Å². The number of carboxylic acid groups (broad SMARTS) is 2. The number of fused-ring (bicyclic) bond motifs is 1. The van der Waals surface area contributed by atoms with Gasteiger partial charge in [0.15, 0.2) is 0 Å². The highest BCUT2D eigenvalue weighted by atomic mass is 32.2. The number of amides is 3. The number of nitrogens with one attached hydrogen (secondary N) is 4. The fraction of sp³-hybridized carbons (Fsp3) is 0.500. The summed E-state index contributed by atoms with van der Waals surface area (Å²) in [6.07, 6.45) is 3.29. The molecule has 1 heterocycles. The predicted octanol–water partition coefficient (Wildman–Crippen LogP) is 0.851. The second-order valence-electron chi connectivity index (χ2n) is 9.70. The quantitative estimate of drug-likeness (QED) is 0.154. The molecule has 0 aliphatic heterocycles. The molecule has 39 heavy (non-hydrogen) atoms. The third-order valence-electron chi connectivity index (χ3n) is 6.04. The molecule has 0 spiro atoms. The van der Waals surface area contributed by atoms with Crippen molar-refractivity contribution in [2.75, 3.05) is 12.0 Å². The number of hydrogen-bond acceptors (Lipinski definition) is 7. The van der Waals surface area contributed by atoms with Gasteiger partial charge in [0.1, 0.15) is 18.1 Å². The summed E-state index contributed by atoms with van der Waals surface area (Å²) >= 11 is 1.49. The number of hydrogen-bond donors (Lipinski definition) is 7. The number of carbonyl (C=O) groups is 5. The van der Waals surface area contributed by atoms with Crippen LogP contribution in [0.2, 0.25) is 0 Å². The van der Waals surface area contributed by atoms with Crippen molar-refractivity contribution in [2.24, 2.45) is 11.7 Å². The lowest BCUT2D eigenvalue weighted by molar-refractivity contribution is -0.143. The highest BCUT2D eigenvalue weighted by molar-refractivity contribution is 7.98. The molecule has 8 N–H and O–H groups in total.